The molecule has 5 nitrogen and oxygen atoms in total. The summed E-state index contributed by atoms with van der Waals surface area (Å²) in [4.78, 5) is 0. The lowest BCUT2D eigenvalue weighted by Gasteiger charge is -2.26. The van der Waals surface area contributed by atoms with Crippen molar-refractivity contribution >= 4 is 10.2 Å². The number of nitrogens with one attached hydrogen (secondary N) is 1. The van der Waals surface area contributed by atoms with Crippen LogP contribution in [0.4, 0.5) is 0 Å². The predicted octanol–water partition coefficient (Wildman–Crippen LogP) is 0.680. The van der Waals surface area contributed by atoms with Crippen LogP contribution in [0.25, 0.3) is 0 Å². The van der Waals surface area contributed by atoms with Gasteiger partial charge >= 0.3 is 0 Å². The van der Waals surface area contributed by atoms with Crippen molar-refractivity contribution in [1.82, 2.24) is 9.03 Å². The van der Waals surface area contributed by atoms with Crippen LogP contribution in [0.15, 0.2) is 0 Å². The molecule has 1 atom stereocenters. The molecule has 0 aromatic rings. The van der Waals surface area contributed by atoms with Crippen molar-refractivity contribution in [2.24, 2.45) is 11.7 Å². The van der Waals surface area contributed by atoms with Gasteiger partial charge in [-0.2, -0.15) is 17.4 Å². The fourth-order valence-electron chi connectivity index (χ4n) is 2.41. The molecule has 0 aromatic heterocycles. The van der Waals surface area contributed by atoms with Crippen LogP contribution >= 0.6 is 0 Å². The highest BCUT2D eigenvalue weighted by atomic mass is 32.2. The first-order valence-corrected chi connectivity index (χ1v) is 7.89. The van der Waals surface area contributed by atoms with Crippen molar-refractivity contribution < 1.29 is 8.42 Å². The van der Waals surface area contributed by atoms with Crippen LogP contribution in [-0.2, 0) is 10.2 Å². The van der Waals surface area contributed by atoms with Gasteiger partial charge in [0.25, 0.3) is 10.2 Å². The minimum atomic E-state index is -3.37. The molecule has 1 fully saturated rings. The second-order valence-electron chi connectivity index (χ2n) is 4.83. The smallest absolute Gasteiger partial charge is 0.279 e. The van der Waals surface area contributed by atoms with Gasteiger partial charge < -0.3 is 5.73 Å². The quantitative estimate of drug-likeness (QED) is 0.709. The van der Waals surface area contributed by atoms with Crippen LogP contribution in [0.3, 0.4) is 0 Å². The minimum Gasteiger partial charge on any atom is -0.329 e. The molecular formula is C11H25N3O2S. The third kappa shape index (κ3) is 4.21. The number of nitrogens with two attached hydrogens (primary N) is 1. The van der Waals surface area contributed by atoms with E-state index in [1.165, 1.54) is 17.1 Å². The van der Waals surface area contributed by atoms with Crippen molar-refractivity contribution in [3.05, 3.63) is 0 Å². The molecule has 0 heterocycles. The Bertz CT molecular complexity index is 313. The van der Waals surface area contributed by atoms with Crippen molar-refractivity contribution in [2.45, 2.75) is 45.1 Å². The Morgan fingerprint density at radius 3 is 2.47 bits per heavy atom. The van der Waals surface area contributed by atoms with Gasteiger partial charge in [0, 0.05) is 26.2 Å². The predicted molar refractivity (Wildman–Crippen MR) is 69.8 cm³/mol. The highest BCUT2D eigenvalue weighted by Gasteiger charge is 2.29. The van der Waals surface area contributed by atoms with E-state index >= 15 is 0 Å². The third-order valence-electron chi connectivity index (χ3n) is 3.47. The van der Waals surface area contributed by atoms with Crippen LogP contribution < -0.4 is 10.5 Å². The molecule has 3 N–H and O–H groups in total. The Hall–Kier alpha value is -0.170. The van der Waals surface area contributed by atoms with Crippen molar-refractivity contribution in [1.29, 1.82) is 0 Å². The minimum absolute atomic E-state index is 0.109. The second kappa shape index (κ2) is 6.68. The normalized spacial score (nSPS) is 20.0. The summed E-state index contributed by atoms with van der Waals surface area (Å²) in [5, 5.41) is 0. The zero-order valence-corrected chi connectivity index (χ0v) is 11.7. The fourth-order valence-corrected chi connectivity index (χ4v) is 3.69. The van der Waals surface area contributed by atoms with E-state index in [0.29, 0.717) is 19.0 Å². The van der Waals surface area contributed by atoms with E-state index in [9.17, 15) is 8.42 Å². The maximum Gasteiger partial charge on any atom is 0.279 e. The SMILES string of the molecule is CCCN(C)S(=O)(=O)NC(CN)C1CCCC1. The Morgan fingerprint density at radius 2 is 2.00 bits per heavy atom. The summed E-state index contributed by atoms with van der Waals surface area (Å²) in [5.74, 6) is 0.407. The van der Waals surface area contributed by atoms with Crippen LogP contribution in [0, 0.1) is 5.92 Å². The van der Waals surface area contributed by atoms with Gasteiger partial charge in [0.1, 0.15) is 0 Å². The first-order chi connectivity index (χ1) is 8.01. The molecule has 1 saturated carbocycles. The van der Waals surface area contributed by atoms with Gasteiger partial charge in [0.15, 0.2) is 0 Å². The van der Waals surface area contributed by atoms with Gasteiger partial charge in [-0.05, 0) is 25.2 Å². The maximum atomic E-state index is 12.0. The van der Waals surface area contributed by atoms with E-state index in [2.05, 4.69) is 4.72 Å². The first kappa shape index (κ1) is 14.9. The Labute approximate surface area is 105 Å². The molecule has 0 aromatic carbocycles. The standard InChI is InChI=1S/C11H25N3O2S/c1-3-8-14(2)17(15,16)13-11(9-12)10-6-4-5-7-10/h10-11,13H,3-9,12H2,1-2H3. The molecule has 1 rings (SSSR count). The first-order valence-electron chi connectivity index (χ1n) is 6.45. The van der Waals surface area contributed by atoms with Crippen molar-refractivity contribution in [2.75, 3.05) is 20.1 Å². The van der Waals surface area contributed by atoms with Gasteiger partial charge in [-0.3, -0.25) is 0 Å². The van der Waals surface area contributed by atoms with Gasteiger partial charge in [0.05, 0.1) is 0 Å². The van der Waals surface area contributed by atoms with Crippen LogP contribution in [0.1, 0.15) is 39.0 Å². The summed E-state index contributed by atoms with van der Waals surface area (Å²) < 4.78 is 28.1. The number of rotatable bonds is 7. The number of hydrogen-bond donors (Lipinski definition) is 2. The maximum absolute atomic E-state index is 12.0. The summed E-state index contributed by atoms with van der Waals surface area (Å²) in [5.41, 5.74) is 5.69. The fraction of sp³-hybridized carbons (Fsp3) is 1.00. The molecule has 0 bridgehead atoms. The molecule has 0 spiro atoms. The lowest BCUT2D eigenvalue weighted by Crippen LogP contribution is -2.49. The zero-order chi connectivity index (χ0) is 12.9. The summed E-state index contributed by atoms with van der Waals surface area (Å²) in [6.45, 7) is 2.88. The molecular weight excluding hydrogens is 238 g/mol. The Balaban J connectivity index is 2.60. The monoisotopic (exact) mass is 263 g/mol. The number of nitrogens with zero attached hydrogens (tertiary/aromatic N) is 1. The summed E-state index contributed by atoms with van der Waals surface area (Å²) in [7, 11) is -1.76. The molecule has 0 amide bonds. The summed E-state index contributed by atoms with van der Waals surface area (Å²) >= 11 is 0. The van der Waals surface area contributed by atoms with Crippen molar-refractivity contribution in [3.63, 3.8) is 0 Å². The van der Waals surface area contributed by atoms with E-state index in [-0.39, 0.29) is 6.04 Å². The van der Waals surface area contributed by atoms with Crippen LogP contribution in [-0.4, -0.2) is 38.9 Å². The molecule has 0 saturated heterocycles. The Kier molecular flexibility index (Phi) is 5.85. The highest BCUT2D eigenvalue weighted by molar-refractivity contribution is 7.87. The third-order valence-corrected chi connectivity index (χ3v) is 5.08. The van der Waals surface area contributed by atoms with Crippen molar-refractivity contribution in [3.8, 4) is 0 Å². The van der Waals surface area contributed by atoms with E-state index in [1.54, 1.807) is 7.05 Å². The van der Waals surface area contributed by atoms with Gasteiger partial charge in [-0.25, -0.2) is 0 Å². The van der Waals surface area contributed by atoms with Gasteiger partial charge in [-0.15, -0.1) is 0 Å². The van der Waals surface area contributed by atoms with E-state index in [1.807, 2.05) is 6.92 Å². The van der Waals surface area contributed by atoms with E-state index < -0.39 is 10.2 Å². The van der Waals surface area contributed by atoms with Crippen LogP contribution in [0.5, 0.6) is 0 Å². The molecule has 17 heavy (non-hydrogen) atoms. The molecule has 0 aliphatic heterocycles. The summed E-state index contributed by atoms with van der Waals surface area (Å²) in [6, 6.07) is -0.109. The van der Waals surface area contributed by atoms with Gasteiger partial charge in [0.2, 0.25) is 0 Å². The molecule has 102 valence electrons. The lowest BCUT2D eigenvalue weighted by molar-refractivity contribution is 0.384. The highest BCUT2D eigenvalue weighted by Crippen LogP contribution is 2.27. The molecule has 1 unspecified atom stereocenters. The van der Waals surface area contributed by atoms with Gasteiger partial charge in [-0.1, -0.05) is 19.8 Å². The number of hydrogen-bond acceptors (Lipinski definition) is 3. The summed E-state index contributed by atoms with van der Waals surface area (Å²) in [6.07, 6.45) is 5.36. The lowest BCUT2D eigenvalue weighted by atomic mass is 9.99. The van der Waals surface area contributed by atoms with Crippen LogP contribution in [0.2, 0.25) is 0 Å². The van der Waals surface area contributed by atoms with E-state index in [4.69, 9.17) is 5.73 Å². The average Bonchev–Trinajstić information content (AvgIpc) is 2.79. The Morgan fingerprint density at radius 1 is 1.41 bits per heavy atom. The second-order valence-corrected chi connectivity index (χ2v) is 6.64. The molecule has 1 aliphatic carbocycles. The zero-order valence-electron chi connectivity index (χ0n) is 10.9. The average molecular weight is 263 g/mol. The molecule has 1 aliphatic rings. The molecule has 6 heteroatoms. The molecule has 0 radical (unpaired) electrons. The largest absolute Gasteiger partial charge is 0.329 e. The van der Waals surface area contributed by atoms with E-state index in [0.717, 1.165) is 19.3 Å². The topological polar surface area (TPSA) is 75.4 Å².